The number of rotatable bonds is 6. The van der Waals surface area contributed by atoms with Crippen LogP contribution in [0.4, 0.5) is 4.79 Å². The van der Waals surface area contributed by atoms with Crippen LogP contribution in [0.25, 0.3) is 0 Å². The lowest BCUT2D eigenvalue weighted by molar-refractivity contribution is 0.0142. The van der Waals surface area contributed by atoms with Crippen molar-refractivity contribution in [3.8, 4) is 0 Å². The second-order valence-electron chi connectivity index (χ2n) is 7.73. The number of ether oxygens (including phenoxy) is 2. The molecule has 1 unspecified atom stereocenters. The molecule has 24 heavy (non-hydrogen) atoms. The lowest BCUT2D eigenvalue weighted by Gasteiger charge is -2.36. The average Bonchev–Trinajstić information content (AvgIpc) is 2.33. The van der Waals surface area contributed by atoms with Crippen LogP contribution in [0.3, 0.4) is 0 Å². The molecule has 0 aliphatic heterocycles. The minimum atomic E-state index is -0.922. The second kappa shape index (κ2) is 8.23. The van der Waals surface area contributed by atoms with E-state index in [4.69, 9.17) is 20.4 Å². The number of alkyl carbamates (subject to hydrolysis) is 1. The first kappa shape index (κ1) is 22.0. The molecule has 0 saturated carbocycles. The second-order valence-corrected chi connectivity index (χ2v) is 7.73. The number of carbonyl (C=O) groups excluding carboxylic acids is 1. The van der Waals surface area contributed by atoms with Gasteiger partial charge < -0.3 is 20.5 Å². The maximum Gasteiger partial charge on any atom is 0.408 e. The molecule has 5 N–H and O–H groups in total. The Morgan fingerprint density at radius 1 is 1.12 bits per heavy atom. The molecule has 0 radical (unpaired) electrons. The monoisotopic (exact) mass is 344 g/mol. The zero-order valence-corrected chi connectivity index (χ0v) is 15.8. The van der Waals surface area contributed by atoms with E-state index in [9.17, 15) is 4.79 Å². The van der Waals surface area contributed by atoms with Crippen LogP contribution in [0.2, 0.25) is 0 Å². The minimum absolute atomic E-state index is 0.114. The predicted molar refractivity (Wildman–Crippen MR) is 93.8 cm³/mol. The first-order valence-corrected chi connectivity index (χ1v) is 7.78. The number of nitrogens with one attached hydrogen (secondary N) is 2. The molecule has 0 aliphatic rings. The van der Waals surface area contributed by atoms with Gasteiger partial charge in [-0.15, -0.1) is 0 Å². The third-order valence-corrected chi connectivity index (χ3v) is 2.83. The Labute approximate surface area is 144 Å². The highest BCUT2D eigenvalue weighted by atomic mass is 16.6. The summed E-state index contributed by atoms with van der Waals surface area (Å²) in [5.74, 6) is 0.267. The van der Waals surface area contributed by atoms with Crippen molar-refractivity contribution >= 4 is 12.1 Å². The third-order valence-electron chi connectivity index (χ3n) is 2.83. The van der Waals surface area contributed by atoms with Crippen molar-refractivity contribution in [2.75, 3.05) is 6.54 Å². The minimum Gasteiger partial charge on any atom is -0.491 e. The summed E-state index contributed by atoms with van der Waals surface area (Å²) in [4.78, 5) is 16.1. The van der Waals surface area contributed by atoms with Gasteiger partial charge in [0.1, 0.15) is 17.0 Å². The number of nitrogens with two attached hydrogens (primary N) is 1. The lowest BCUT2D eigenvalue weighted by atomic mass is 9.95. The molecule has 1 atom stereocenters. The quantitative estimate of drug-likeness (QED) is 0.254. The summed E-state index contributed by atoms with van der Waals surface area (Å²) in [6, 6.07) is 0. The Balaban J connectivity index is 5.19. The van der Waals surface area contributed by atoms with Gasteiger partial charge in [-0.05, 0) is 54.9 Å². The summed E-state index contributed by atoms with van der Waals surface area (Å²) in [7, 11) is 0. The number of hydrogen-bond acceptors (Lipinski definition) is 5. The van der Waals surface area contributed by atoms with Crippen LogP contribution in [-0.4, -0.2) is 40.5 Å². The maximum atomic E-state index is 12.2. The van der Waals surface area contributed by atoms with E-state index in [1.807, 2.05) is 20.8 Å². The number of amides is 1. The fourth-order valence-electron chi connectivity index (χ4n) is 1.72. The number of hydrogen-bond donors (Lipinski definition) is 4. The van der Waals surface area contributed by atoms with E-state index < -0.39 is 22.8 Å². The zero-order valence-electron chi connectivity index (χ0n) is 15.8. The summed E-state index contributed by atoms with van der Waals surface area (Å²) in [5, 5.41) is 11.4. The molecule has 1 amide bonds. The number of guanidine groups is 1. The molecule has 0 saturated heterocycles. The van der Waals surface area contributed by atoms with Crippen LogP contribution >= 0.6 is 0 Å². The molecule has 8 heteroatoms. The average molecular weight is 344 g/mol. The van der Waals surface area contributed by atoms with Gasteiger partial charge in [-0.25, -0.2) is 10.3 Å². The maximum absolute atomic E-state index is 12.2. The van der Waals surface area contributed by atoms with Crippen molar-refractivity contribution in [2.24, 2.45) is 10.7 Å². The summed E-state index contributed by atoms with van der Waals surface area (Å²) >= 11 is 0. The van der Waals surface area contributed by atoms with E-state index in [0.717, 1.165) is 0 Å². The Morgan fingerprint density at radius 2 is 1.62 bits per heavy atom. The molecule has 0 aromatic rings. The number of aliphatic imine (C=N–C) groups is 1. The van der Waals surface area contributed by atoms with Crippen LogP contribution in [0, 0.1) is 0 Å². The van der Waals surface area contributed by atoms with Crippen molar-refractivity contribution in [3.63, 3.8) is 0 Å². The SMILES string of the molecule is C=C(OC(C)(C)C)C(C)(CCN=C(N)NO)NC(=O)OC(C)(C)C. The van der Waals surface area contributed by atoms with Gasteiger partial charge in [-0.2, -0.15) is 0 Å². The van der Waals surface area contributed by atoms with E-state index in [0.29, 0.717) is 12.2 Å². The molecule has 0 aromatic heterocycles. The fraction of sp³-hybridized carbons (Fsp3) is 0.750. The Bertz CT molecular complexity index is 477. The van der Waals surface area contributed by atoms with Gasteiger partial charge in [0.2, 0.25) is 5.96 Å². The molecule has 0 aromatic carbocycles. The summed E-state index contributed by atoms with van der Waals surface area (Å²) in [5.41, 5.74) is 5.12. The van der Waals surface area contributed by atoms with E-state index in [1.54, 1.807) is 33.2 Å². The van der Waals surface area contributed by atoms with Gasteiger partial charge in [-0.3, -0.25) is 10.2 Å². The topological polar surface area (TPSA) is 118 Å². The van der Waals surface area contributed by atoms with Gasteiger partial charge in [0.25, 0.3) is 0 Å². The molecule has 0 spiro atoms. The largest absolute Gasteiger partial charge is 0.491 e. The molecule has 0 bridgehead atoms. The summed E-state index contributed by atoms with van der Waals surface area (Å²) in [6.45, 7) is 16.9. The van der Waals surface area contributed by atoms with Gasteiger partial charge >= 0.3 is 6.09 Å². The van der Waals surface area contributed by atoms with Crippen LogP contribution in [-0.2, 0) is 9.47 Å². The van der Waals surface area contributed by atoms with E-state index >= 15 is 0 Å². The standard InChI is InChI=1S/C16H32N4O4/c1-11(23-14(2,3)4)16(8,9-10-18-12(17)20-22)19-13(21)24-15(5,6)7/h22H,1,9-10H2,2-8H3,(H,19,21)(H3,17,18,20). The van der Waals surface area contributed by atoms with Crippen LogP contribution in [0.15, 0.2) is 17.3 Å². The number of nitrogens with zero attached hydrogens (tertiary/aromatic N) is 1. The third kappa shape index (κ3) is 9.24. The lowest BCUT2D eigenvalue weighted by Crippen LogP contribution is -2.51. The van der Waals surface area contributed by atoms with Crippen LogP contribution in [0.1, 0.15) is 54.9 Å². The molecule has 0 rings (SSSR count). The smallest absolute Gasteiger partial charge is 0.408 e. The molecule has 0 aliphatic carbocycles. The van der Waals surface area contributed by atoms with Crippen molar-refractivity contribution in [1.82, 2.24) is 10.8 Å². The van der Waals surface area contributed by atoms with Gasteiger partial charge in [0.05, 0.1) is 5.54 Å². The van der Waals surface area contributed by atoms with Crippen molar-refractivity contribution in [1.29, 1.82) is 0 Å². The fourth-order valence-corrected chi connectivity index (χ4v) is 1.72. The van der Waals surface area contributed by atoms with Crippen LogP contribution < -0.4 is 16.5 Å². The number of hydroxylamine groups is 1. The van der Waals surface area contributed by atoms with Crippen molar-refractivity contribution in [3.05, 3.63) is 12.3 Å². The highest BCUT2D eigenvalue weighted by Crippen LogP contribution is 2.26. The molecular formula is C16H32N4O4. The van der Waals surface area contributed by atoms with Gasteiger partial charge in [0.15, 0.2) is 0 Å². The Hall–Kier alpha value is -1.96. The summed E-state index contributed by atoms with van der Waals surface area (Å²) < 4.78 is 11.1. The van der Waals surface area contributed by atoms with Crippen molar-refractivity contribution < 1.29 is 19.5 Å². The highest BCUT2D eigenvalue weighted by molar-refractivity contribution is 5.76. The summed E-state index contributed by atoms with van der Waals surface area (Å²) in [6.07, 6.45) is -0.232. The first-order chi connectivity index (χ1) is 10.7. The highest BCUT2D eigenvalue weighted by Gasteiger charge is 2.34. The van der Waals surface area contributed by atoms with Crippen LogP contribution in [0.5, 0.6) is 0 Å². The zero-order chi connectivity index (χ0) is 19.2. The van der Waals surface area contributed by atoms with E-state index in [-0.39, 0.29) is 12.5 Å². The molecule has 140 valence electrons. The normalized spacial score (nSPS) is 15.2. The number of carbonyl (C=O) groups is 1. The molecule has 0 fully saturated rings. The van der Waals surface area contributed by atoms with Crippen molar-refractivity contribution in [2.45, 2.75) is 71.6 Å². The van der Waals surface area contributed by atoms with E-state index in [1.165, 1.54) is 0 Å². The van der Waals surface area contributed by atoms with E-state index in [2.05, 4.69) is 16.9 Å². The van der Waals surface area contributed by atoms with Gasteiger partial charge in [-0.1, -0.05) is 6.58 Å². The Morgan fingerprint density at radius 3 is 2.04 bits per heavy atom. The molecular weight excluding hydrogens is 312 g/mol. The molecule has 0 heterocycles. The Kier molecular flexibility index (Phi) is 7.56. The van der Waals surface area contributed by atoms with Gasteiger partial charge in [0, 0.05) is 6.54 Å². The predicted octanol–water partition coefficient (Wildman–Crippen LogP) is 2.28. The first-order valence-electron chi connectivity index (χ1n) is 7.78. The molecule has 8 nitrogen and oxygen atoms in total.